The zero-order valence-electron chi connectivity index (χ0n) is 16.7. The van der Waals surface area contributed by atoms with Gasteiger partial charge in [0.1, 0.15) is 7.05 Å². The highest BCUT2D eigenvalue weighted by atomic mass is 14.9. The van der Waals surface area contributed by atoms with Gasteiger partial charge in [0.05, 0.1) is 5.56 Å². The summed E-state index contributed by atoms with van der Waals surface area (Å²) in [5.74, 6) is 0.503. The third kappa shape index (κ3) is 2.26. The van der Waals surface area contributed by atoms with Crippen LogP contribution in [0.5, 0.6) is 0 Å². The van der Waals surface area contributed by atoms with Crippen LogP contribution in [-0.2, 0) is 12.5 Å². The van der Waals surface area contributed by atoms with Gasteiger partial charge in [-0.3, -0.25) is 0 Å². The molecule has 0 unspecified atom stereocenters. The normalized spacial score (nSPS) is 14.4. The summed E-state index contributed by atoms with van der Waals surface area (Å²) in [7, 11) is 2.15. The highest BCUT2D eigenvalue weighted by molar-refractivity contribution is 5.90. The Morgan fingerprint density at radius 1 is 0.923 bits per heavy atom. The van der Waals surface area contributed by atoms with E-state index in [1.165, 1.54) is 44.6 Å². The Labute approximate surface area is 157 Å². The molecule has 1 nitrogen and oxygen atoms in total. The first kappa shape index (κ1) is 17.0. The van der Waals surface area contributed by atoms with E-state index in [1.807, 2.05) is 0 Å². The molecule has 2 aromatic carbocycles. The van der Waals surface area contributed by atoms with Crippen molar-refractivity contribution in [2.75, 3.05) is 0 Å². The molecule has 0 aliphatic heterocycles. The van der Waals surface area contributed by atoms with Crippen molar-refractivity contribution < 1.29 is 4.57 Å². The molecule has 0 radical (unpaired) electrons. The maximum absolute atomic E-state index is 2.42. The van der Waals surface area contributed by atoms with E-state index in [4.69, 9.17) is 0 Å². The van der Waals surface area contributed by atoms with Crippen LogP contribution in [0, 0.1) is 6.92 Å². The number of benzene rings is 2. The quantitative estimate of drug-likeness (QED) is 0.509. The fourth-order valence-electron chi connectivity index (χ4n) is 4.71. The Morgan fingerprint density at radius 3 is 2.31 bits per heavy atom. The Kier molecular flexibility index (Phi) is 3.80. The first-order valence-electron chi connectivity index (χ1n) is 9.57. The summed E-state index contributed by atoms with van der Waals surface area (Å²) in [6, 6.07) is 17.9. The Bertz CT molecular complexity index is 1010. The average Bonchev–Trinajstić information content (AvgIpc) is 2.84. The van der Waals surface area contributed by atoms with Crippen LogP contribution in [0.25, 0.3) is 22.4 Å². The maximum Gasteiger partial charge on any atom is 0.212 e. The van der Waals surface area contributed by atoms with Crippen LogP contribution in [0.4, 0.5) is 0 Å². The molecule has 0 bridgehead atoms. The zero-order valence-corrected chi connectivity index (χ0v) is 16.7. The number of pyridine rings is 1. The van der Waals surface area contributed by atoms with Gasteiger partial charge >= 0.3 is 0 Å². The Morgan fingerprint density at radius 2 is 1.62 bits per heavy atom. The van der Waals surface area contributed by atoms with E-state index in [9.17, 15) is 0 Å². The number of rotatable bonds is 2. The smallest absolute Gasteiger partial charge is 0.201 e. The van der Waals surface area contributed by atoms with Gasteiger partial charge in [-0.05, 0) is 52.3 Å². The first-order valence-corrected chi connectivity index (χ1v) is 9.57. The molecule has 3 aromatic rings. The molecule has 0 saturated carbocycles. The van der Waals surface area contributed by atoms with E-state index >= 15 is 0 Å². The van der Waals surface area contributed by atoms with Crippen molar-refractivity contribution in [1.82, 2.24) is 0 Å². The number of aryl methyl sites for hydroxylation is 2. The molecule has 132 valence electrons. The second-order valence-electron chi connectivity index (χ2n) is 8.43. The van der Waals surface area contributed by atoms with Crippen molar-refractivity contribution in [2.45, 2.75) is 46.0 Å². The van der Waals surface area contributed by atoms with Gasteiger partial charge in [-0.15, -0.1) is 0 Å². The van der Waals surface area contributed by atoms with E-state index in [0.717, 1.165) is 0 Å². The lowest BCUT2D eigenvalue weighted by atomic mass is 9.77. The number of hydrogen-bond donors (Lipinski definition) is 0. The second kappa shape index (κ2) is 5.81. The third-order valence-electron chi connectivity index (χ3n) is 5.98. The van der Waals surface area contributed by atoms with Crippen molar-refractivity contribution >= 4 is 0 Å². The van der Waals surface area contributed by atoms with Gasteiger partial charge in [0, 0.05) is 17.5 Å². The fraction of sp³-hybridized carbons (Fsp3) is 0.320. The van der Waals surface area contributed by atoms with E-state index in [1.54, 1.807) is 0 Å². The van der Waals surface area contributed by atoms with E-state index < -0.39 is 0 Å². The summed E-state index contributed by atoms with van der Waals surface area (Å²) >= 11 is 0. The van der Waals surface area contributed by atoms with Crippen molar-refractivity contribution in [3.8, 4) is 22.4 Å². The number of fused-ring (bicyclic) bond motifs is 3. The van der Waals surface area contributed by atoms with Gasteiger partial charge in [-0.2, -0.15) is 0 Å². The predicted octanol–water partition coefficient (Wildman–Crippen LogP) is 5.92. The van der Waals surface area contributed by atoms with Crippen molar-refractivity contribution in [3.63, 3.8) is 0 Å². The number of nitrogens with zero attached hydrogens (tertiary/aromatic N) is 1. The van der Waals surface area contributed by atoms with Gasteiger partial charge in [0.25, 0.3) is 0 Å². The molecule has 1 aliphatic carbocycles. The Balaban J connectivity index is 2.18. The van der Waals surface area contributed by atoms with Crippen LogP contribution in [0.2, 0.25) is 0 Å². The Hall–Kier alpha value is -2.41. The molecule has 4 rings (SSSR count). The summed E-state index contributed by atoms with van der Waals surface area (Å²) in [4.78, 5) is 0. The lowest BCUT2D eigenvalue weighted by molar-refractivity contribution is -0.660. The molecular weight excluding hydrogens is 314 g/mol. The zero-order chi connectivity index (χ0) is 18.6. The van der Waals surface area contributed by atoms with Gasteiger partial charge in [-0.25, -0.2) is 4.57 Å². The molecule has 26 heavy (non-hydrogen) atoms. The lowest BCUT2D eigenvalue weighted by Crippen LogP contribution is -2.31. The molecule has 1 heterocycles. The standard InChI is InChI=1S/C25H28N/c1-16(2)19-15-17(3)22(21-13-9-10-14-26(21)6)24-23(19)18-11-7-8-12-20(18)25(24,4)5/h7-16H,1-6H3/q+1. The average molecular weight is 343 g/mol. The second-order valence-corrected chi connectivity index (χ2v) is 8.43. The van der Waals surface area contributed by atoms with Gasteiger partial charge < -0.3 is 0 Å². The van der Waals surface area contributed by atoms with Gasteiger partial charge in [0.15, 0.2) is 6.20 Å². The van der Waals surface area contributed by atoms with Gasteiger partial charge in [-0.1, -0.05) is 58.0 Å². The highest BCUT2D eigenvalue weighted by Gasteiger charge is 2.41. The van der Waals surface area contributed by atoms with Crippen molar-refractivity contribution in [2.24, 2.45) is 7.05 Å². The summed E-state index contributed by atoms with van der Waals surface area (Å²) in [6.45, 7) is 11.7. The third-order valence-corrected chi connectivity index (χ3v) is 5.98. The number of aromatic nitrogens is 1. The van der Waals surface area contributed by atoms with Gasteiger partial charge in [0.2, 0.25) is 5.69 Å². The molecule has 0 fully saturated rings. The fourth-order valence-corrected chi connectivity index (χ4v) is 4.71. The molecule has 1 heteroatoms. The first-order chi connectivity index (χ1) is 12.3. The minimum atomic E-state index is -0.000237. The van der Waals surface area contributed by atoms with Crippen molar-refractivity contribution in [1.29, 1.82) is 0 Å². The van der Waals surface area contributed by atoms with Crippen LogP contribution in [-0.4, -0.2) is 0 Å². The lowest BCUT2D eigenvalue weighted by Gasteiger charge is -2.26. The molecule has 1 aliphatic rings. The SMILES string of the molecule is Cc1cc(C(C)C)c2c(c1-c1cccc[n+]1C)C(C)(C)c1ccccc1-2. The number of hydrogen-bond acceptors (Lipinski definition) is 0. The summed E-state index contributed by atoms with van der Waals surface area (Å²) in [5, 5.41) is 0. The predicted molar refractivity (Wildman–Crippen MR) is 109 cm³/mol. The minimum Gasteiger partial charge on any atom is -0.201 e. The largest absolute Gasteiger partial charge is 0.212 e. The topological polar surface area (TPSA) is 3.88 Å². The summed E-state index contributed by atoms with van der Waals surface area (Å²) in [5.41, 5.74) is 11.3. The molecule has 0 N–H and O–H groups in total. The maximum atomic E-state index is 2.42. The van der Waals surface area contributed by atoms with Crippen LogP contribution >= 0.6 is 0 Å². The van der Waals surface area contributed by atoms with E-state index in [2.05, 4.69) is 101 Å². The summed E-state index contributed by atoms with van der Waals surface area (Å²) < 4.78 is 2.25. The molecule has 0 spiro atoms. The van der Waals surface area contributed by atoms with E-state index in [-0.39, 0.29) is 5.41 Å². The molecule has 0 amide bonds. The van der Waals surface area contributed by atoms with Crippen LogP contribution in [0.15, 0.2) is 54.7 Å². The minimum absolute atomic E-state index is 0.000237. The highest BCUT2D eigenvalue weighted by Crippen LogP contribution is 2.54. The summed E-state index contributed by atoms with van der Waals surface area (Å²) in [6.07, 6.45) is 2.15. The van der Waals surface area contributed by atoms with Crippen LogP contribution in [0.3, 0.4) is 0 Å². The van der Waals surface area contributed by atoms with Crippen LogP contribution in [0.1, 0.15) is 55.9 Å². The van der Waals surface area contributed by atoms with E-state index in [0.29, 0.717) is 5.92 Å². The molecule has 0 saturated heterocycles. The monoisotopic (exact) mass is 342 g/mol. The molecule has 0 atom stereocenters. The molecule has 1 aromatic heterocycles. The molecular formula is C25H28N+. The van der Waals surface area contributed by atoms with Crippen LogP contribution < -0.4 is 4.57 Å². The van der Waals surface area contributed by atoms with Crippen molar-refractivity contribution in [3.05, 3.63) is 77.0 Å².